The van der Waals surface area contributed by atoms with Crippen molar-refractivity contribution in [2.45, 2.75) is 0 Å². The summed E-state index contributed by atoms with van der Waals surface area (Å²) in [5.41, 5.74) is -11.3. The molecule has 0 aromatic heterocycles. The topological polar surface area (TPSA) is 9.23 Å². The molecule has 2 aliphatic rings. The Morgan fingerprint density at radius 1 is 0.291 bits per heavy atom. The number of ether oxygens (including phenoxy) is 1. The molecule has 0 amide bonds. The van der Waals surface area contributed by atoms with Crippen LogP contribution in [0.5, 0.6) is 11.5 Å². The van der Waals surface area contributed by atoms with Crippen molar-refractivity contribution < 1.29 is 48.6 Å². The fourth-order valence-electron chi connectivity index (χ4n) is 7.20. The molecule has 0 bridgehead atoms. The van der Waals surface area contributed by atoms with Crippen molar-refractivity contribution in [1.29, 1.82) is 0 Å². The fourth-order valence-corrected chi connectivity index (χ4v) is 7.20. The summed E-state index contributed by atoms with van der Waals surface area (Å²) in [6.07, 6.45) is 0. The number of hydrogen-bond acceptors (Lipinski definition) is 1. The van der Waals surface area contributed by atoms with E-state index >= 15 is 0 Å². The monoisotopic (exact) mass is 728 g/mol. The summed E-state index contributed by atoms with van der Waals surface area (Å²) in [4.78, 5) is 0. The maximum absolute atomic E-state index is 10.5. The quantitative estimate of drug-likeness (QED) is 0.175. The number of benzene rings is 10. The third kappa shape index (κ3) is 4.48. The molecule has 0 saturated heterocycles. The van der Waals surface area contributed by atoms with E-state index in [1.54, 1.807) is 0 Å². The van der Waals surface area contributed by atoms with Crippen molar-refractivity contribution in [3.63, 3.8) is 0 Å². The summed E-state index contributed by atoms with van der Waals surface area (Å²) in [6, 6.07) is -32.0. The van der Waals surface area contributed by atoms with Crippen LogP contribution in [0.15, 0.2) is 193 Å². The second-order valence-electron chi connectivity index (χ2n) is 12.3. The van der Waals surface area contributed by atoms with E-state index < -0.39 is 315 Å². The van der Waals surface area contributed by atoms with Crippen molar-refractivity contribution in [2.24, 2.45) is 0 Å². The van der Waals surface area contributed by atoms with Crippen LogP contribution in [-0.4, -0.2) is 0 Å². The van der Waals surface area contributed by atoms with Crippen molar-refractivity contribution in [2.75, 3.05) is 0 Å². The third-order valence-electron chi connectivity index (χ3n) is 9.39. The van der Waals surface area contributed by atoms with Crippen LogP contribution >= 0.6 is 0 Å². The molecule has 1 heterocycles. The Balaban J connectivity index is 1.41. The molecule has 1 heteroatoms. The van der Waals surface area contributed by atoms with Gasteiger partial charge in [-0.25, -0.2) is 0 Å². The Bertz CT molecular complexity index is 5010. The minimum atomic E-state index is -1.24. The van der Waals surface area contributed by atoms with Gasteiger partial charge in [-0.05, 0) is 136 Å². The van der Waals surface area contributed by atoms with Gasteiger partial charge in [0, 0.05) is 10.9 Å². The molecular formula is C54H32O. The van der Waals surface area contributed by atoms with Crippen molar-refractivity contribution >= 4 is 32.3 Å². The molecule has 1 nitrogen and oxygen atoms in total. The average Bonchev–Trinajstić information content (AvgIpc) is 1.61. The molecular weight excluding hydrogens is 665 g/mol. The van der Waals surface area contributed by atoms with Gasteiger partial charge in [-0.1, -0.05) is 157 Å². The zero-order valence-electron chi connectivity index (χ0n) is 59.4. The van der Waals surface area contributed by atoms with Gasteiger partial charge in [0.1, 0.15) is 11.5 Å². The maximum atomic E-state index is 10.5. The summed E-state index contributed by atoms with van der Waals surface area (Å²) in [7, 11) is 0. The van der Waals surface area contributed by atoms with Gasteiger partial charge in [-0.2, -0.15) is 0 Å². The summed E-state index contributed by atoms with van der Waals surface area (Å²) < 4.78 is 302. The lowest BCUT2D eigenvalue weighted by atomic mass is 9.81. The molecule has 0 saturated carbocycles. The van der Waals surface area contributed by atoms with Crippen LogP contribution in [0.1, 0.15) is 43.9 Å². The van der Waals surface area contributed by atoms with E-state index in [0.717, 1.165) is 0 Å². The normalized spacial score (nSPS) is 20.3. The lowest BCUT2D eigenvalue weighted by Crippen LogP contribution is -1.97. The standard InChI is InChI=1S/C54H32O/c1-3-13-33(14-4-1)38-29-39(37-27-28-47-46(32-37)43-23-9-19-35-20-12-26-48(55-47)50(35)43)31-40(30-38)52-42-22-8-7-21-41(42)51(36-15-5-2-6-16-36)53-44-24-10-17-34-18-11-25-45(49(34)44)54(52)53/h1-32H/i1D,2D,3D,4D,5D,6D,7D,8D,9D,10D,11D,12D,13D,14D,15D,16D,17D,18D,19D,20D,21D,22D,23D,24D,25D,26D,27D,28D,29D,30D,31D,32D. The predicted octanol–water partition coefficient (Wildman–Crippen LogP) is 15.2. The van der Waals surface area contributed by atoms with E-state index in [0.29, 0.717) is 0 Å². The minimum absolute atomic E-state index is 0.435. The molecule has 1 aliphatic carbocycles. The molecule has 0 radical (unpaired) electrons. The number of fused-ring (bicyclic) bond motifs is 6. The second-order valence-corrected chi connectivity index (χ2v) is 12.3. The van der Waals surface area contributed by atoms with Crippen LogP contribution in [0.25, 0.3) is 110 Å². The summed E-state index contributed by atoms with van der Waals surface area (Å²) in [5.74, 6) is -1.38. The van der Waals surface area contributed by atoms with Crippen LogP contribution in [0.4, 0.5) is 0 Å². The van der Waals surface area contributed by atoms with Crippen LogP contribution in [0.3, 0.4) is 0 Å². The highest BCUT2D eigenvalue weighted by atomic mass is 16.5. The highest BCUT2D eigenvalue weighted by Crippen LogP contribution is 2.58. The first-order chi connectivity index (χ1) is 40.6. The molecule has 0 atom stereocenters. The summed E-state index contributed by atoms with van der Waals surface area (Å²) in [5, 5.41) is -3.69. The fraction of sp³-hybridized carbons (Fsp3) is 0. The Labute approximate surface area is 364 Å². The molecule has 55 heavy (non-hydrogen) atoms. The van der Waals surface area contributed by atoms with Gasteiger partial charge in [-0.3, -0.25) is 0 Å². The van der Waals surface area contributed by atoms with Gasteiger partial charge in [-0.15, -0.1) is 0 Å². The number of hydrogen-bond donors (Lipinski definition) is 0. The van der Waals surface area contributed by atoms with E-state index in [-0.39, 0.29) is 0 Å². The first kappa shape index (κ1) is 12.7. The molecule has 12 rings (SSSR count). The average molecular weight is 729 g/mol. The lowest BCUT2D eigenvalue weighted by molar-refractivity contribution is 0.487. The van der Waals surface area contributed by atoms with Gasteiger partial charge < -0.3 is 4.74 Å². The zero-order chi connectivity index (χ0) is 63.9. The minimum Gasteiger partial charge on any atom is -0.456 e. The molecule has 0 N–H and O–H groups in total. The highest BCUT2D eigenvalue weighted by molar-refractivity contribution is 6.27. The molecule has 0 unspecified atom stereocenters. The molecule has 10 aromatic carbocycles. The molecule has 0 fully saturated rings. The van der Waals surface area contributed by atoms with Gasteiger partial charge in [0.15, 0.2) is 0 Å². The van der Waals surface area contributed by atoms with E-state index in [4.69, 9.17) is 26.7 Å². The molecule has 1 aliphatic heterocycles. The third-order valence-corrected chi connectivity index (χ3v) is 9.39. The SMILES string of the molecule is [2H]c1c([2H])c([2H])c(-c2c([2H])c(-c3c([2H])c([2H])c4c(c3[2H])-c3c([2H])c([2H])c([2H])c5c([2H])c([2H])c([2H])c(c35)O4)c([2H])c(-c3c4c(c(-c5c([2H])c([2H])c([2H])c([2H])c5[2H])c5c([2H])c([2H])c([2H])c([2H])c35)-c3c([2H])c([2H])c([2H])c5c([2H])c([2H])c([2H])c-4c35)c2[2H])c([2H])c1[2H]. The van der Waals surface area contributed by atoms with Gasteiger partial charge in [0.05, 0.1) is 43.9 Å². The van der Waals surface area contributed by atoms with Gasteiger partial charge in [0.2, 0.25) is 0 Å². The van der Waals surface area contributed by atoms with Crippen molar-refractivity contribution in [3.05, 3.63) is 193 Å². The van der Waals surface area contributed by atoms with Crippen LogP contribution in [0, 0.1) is 0 Å². The second kappa shape index (κ2) is 11.6. The Morgan fingerprint density at radius 3 is 1.49 bits per heavy atom. The molecule has 254 valence electrons. The number of rotatable bonds is 4. The zero-order valence-corrected chi connectivity index (χ0v) is 27.4. The first-order valence-corrected chi connectivity index (χ1v) is 16.4. The van der Waals surface area contributed by atoms with E-state index in [1.807, 2.05) is 0 Å². The van der Waals surface area contributed by atoms with Crippen molar-refractivity contribution in [1.82, 2.24) is 0 Å². The largest absolute Gasteiger partial charge is 0.456 e. The summed E-state index contributed by atoms with van der Waals surface area (Å²) >= 11 is 0. The van der Waals surface area contributed by atoms with Crippen LogP contribution in [0.2, 0.25) is 0 Å². The summed E-state index contributed by atoms with van der Waals surface area (Å²) in [6.45, 7) is 0. The Morgan fingerprint density at radius 2 is 0.818 bits per heavy atom. The smallest absolute Gasteiger partial charge is 0.135 e. The predicted molar refractivity (Wildman–Crippen MR) is 231 cm³/mol. The first-order valence-electron chi connectivity index (χ1n) is 32.4. The van der Waals surface area contributed by atoms with Crippen LogP contribution in [-0.2, 0) is 0 Å². The molecule has 0 spiro atoms. The maximum Gasteiger partial charge on any atom is 0.135 e. The Kier molecular flexibility index (Phi) is 2.68. The van der Waals surface area contributed by atoms with Crippen molar-refractivity contribution in [3.8, 4) is 89.4 Å². The van der Waals surface area contributed by atoms with E-state index in [1.165, 1.54) is 0 Å². The Hall–Kier alpha value is -7.22. The van der Waals surface area contributed by atoms with Crippen LogP contribution < -0.4 is 4.74 Å². The highest BCUT2D eigenvalue weighted by Gasteiger charge is 2.31. The molecule has 10 aromatic rings. The van der Waals surface area contributed by atoms with Gasteiger partial charge >= 0.3 is 0 Å². The van der Waals surface area contributed by atoms with Gasteiger partial charge in [0.25, 0.3) is 0 Å². The lowest BCUT2D eigenvalue weighted by Gasteiger charge is -2.23. The van der Waals surface area contributed by atoms with E-state index in [9.17, 15) is 21.9 Å². The van der Waals surface area contributed by atoms with E-state index in [2.05, 4.69) is 0 Å².